The lowest BCUT2D eigenvalue weighted by atomic mass is 9.81. The van der Waals surface area contributed by atoms with E-state index in [1.54, 1.807) is 0 Å². The standard InChI is InChI=1S/C26H26N2O2/c1-17(2)24-20-7-3-4-8-23(20)30-25-21(24)13-14-22(27-25)18-9-11-19(12-10-18)26(29)28-15-5-6-16-28/h3-4,7-14,17,24H,5-6,15-16H2,1-2H3/t24-/m0/s1. The van der Waals surface area contributed by atoms with Crippen LogP contribution in [0.3, 0.4) is 0 Å². The summed E-state index contributed by atoms with van der Waals surface area (Å²) in [5, 5.41) is 0. The first kappa shape index (κ1) is 18.9. The highest BCUT2D eigenvalue weighted by molar-refractivity contribution is 5.94. The number of likely N-dealkylation sites (tertiary alicyclic amines) is 1. The van der Waals surface area contributed by atoms with E-state index in [4.69, 9.17) is 9.72 Å². The first-order valence-corrected chi connectivity index (χ1v) is 10.8. The Labute approximate surface area is 177 Å². The number of nitrogens with zero attached hydrogens (tertiary/aromatic N) is 2. The van der Waals surface area contributed by atoms with Gasteiger partial charge in [0.25, 0.3) is 5.91 Å². The molecule has 2 aromatic carbocycles. The van der Waals surface area contributed by atoms with Crippen LogP contribution in [0.4, 0.5) is 0 Å². The van der Waals surface area contributed by atoms with Gasteiger partial charge in [-0.15, -0.1) is 0 Å². The quantitative estimate of drug-likeness (QED) is 0.553. The lowest BCUT2D eigenvalue weighted by Gasteiger charge is -2.30. The molecule has 2 aliphatic rings. The normalized spacial score (nSPS) is 17.4. The highest BCUT2D eigenvalue weighted by Gasteiger charge is 2.30. The van der Waals surface area contributed by atoms with Crippen LogP contribution in [-0.2, 0) is 0 Å². The van der Waals surface area contributed by atoms with Crippen LogP contribution >= 0.6 is 0 Å². The maximum Gasteiger partial charge on any atom is 0.253 e. The Kier molecular flexibility index (Phi) is 4.78. The second-order valence-corrected chi connectivity index (χ2v) is 8.53. The van der Waals surface area contributed by atoms with E-state index in [1.807, 2.05) is 41.3 Å². The van der Waals surface area contributed by atoms with Crippen LogP contribution in [0.1, 0.15) is 54.1 Å². The van der Waals surface area contributed by atoms with Crippen molar-refractivity contribution in [3.63, 3.8) is 0 Å². The van der Waals surface area contributed by atoms with Crippen LogP contribution < -0.4 is 4.74 Å². The summed E-state index contributed by atoms with van der Waals surface area (Å²) >= 11 is 0. The van der Waals surface area contributed by atoms with E-state index in [1.165, 1.54) is 5.56 Å². The molecule has 0 bridgehead atoms. The highest BCUT2D eigenvalue weighted by atomic mass is 16.5. The molecule has 1 atom stereocenters. The maximum absolute atomic E-state index is 12.6. The van der Waals surface area contributed by atoms with Gasteiger partial charge in [-0.05, 0) is 43.0 Å². The number of para-hydroxylation sites is 1. The van der Waals surface area contributed by atoms with Gasteiger partial charge in [-0.25, -0.2) is 4.98 Å². The molecule has 2 aliphatic heterocycles. The van der Waals surface area contributed by atoms with E-state index < -0.39 is 0 Å². The predicted molar refractivity (Wildman–Crippen MR) is 118 cm³/mol. The molecular formula is C26H26N2O2. The minimum Gasteiger partial charge on any atom is -0.438 e. The summed E-state index contributed by atoms with van der Waals surface area (Å²) in [6.07, 6.45) is 2.20. The molecule has 30 heavy (non-hydrogen) atoms. The molecule has 152 valence electrons. The molecule has 0 unspecified atom stereocenters. The second-order valence-electron chi connectivity index (χ2n) is 8.53. The number of carbonyl (C=O) groups is 1. The van der Waals surface area contributed by atoms with E-state index in [0.29, 0.717) is 11.8 Å². The summed E-state index contributed by atoms with van der Waals surface area (Å²) < 4.78 is 6.18. The van der Waals surface area contributed by atoms with Crippen molar-refractivity contribution in [2.75, 3.05) is 13.1 Å². The van der Waals surface area contributed by atoms with Crippen LogP contribution in [0.5, 0.6) is 11.6 Å². The smallest absolute Gasteiger partial charge is 0.253 e. The van der Waals surface area contributed by atoms with Crippen molar-refractivity contribution < 1.29 is 9.53 Å². The van der Waals surface area contributed by atoms with Gasteiger partial charge in [0.2, 0.25) is 5.88 Å². The fourth-order valence-corrected chi connectivity index (χ4v) is 4.64. The Morgan fingerprint density at radius 2 is 1.70 bits per heavy atom. The Morgan fingerprint density at radius 3 is 2.43 bits per heavy atom. The Bertz CT molecular complexity index is 1080. The SMILES string of the molecule is CC(C)[C@H]1c2ccccc2Oc2nc(-c3ccc(C(=O)N4CCCC4)cc3)ccc21. The van der Waals surface area contributed by atoms with Gasteiger partial charge in [-0.3, -0.25) is 4.79 Å². The van der Waals surface area contributed by atoms with Crippen LogP contribution in [0, 0.1) is 5.92 Å². The van der Waals surface area contributed by atoms with Crippen LogP contribution in [-0.4, -0.2) is 28.9 Å². The summed E-state index contributed by atoms with van der Waals surface area (Å²) in [7, 11) is 0. The van der Waals surface area contributed by atoms with E-state index in [9.17, 15) is 4.79 Å². The summed E-state index contributed by atoms with van der Waals surface area (Å²) in [5.41, 5.74) is 4.94. The highest BCUT2D eigenvalue weighted by Crippen LogP contribution is 2.46. The fourth-order valence-electron chi connectivity index (χ4n) is 4.64. The minimum atomic E-state index is 0.122. The predicted octanol–water partition coefficient (Wildman–Crippen LogP) is 5.88. The van der Waals surface area contributed by atoms with Crippen LogP contribution in [0.15, 0.2) is 60.7 Å². The lowest BCUT2D eigenvalue weighted by molar-refractivity contribution is 0.0793. The number of carbonyl (C=O) groups excluding carboxylic acids is 1. The molecule has 4 heteroatoms. The summed E-state index contributed by atoms with van der Waals surface area (Å²) in [5.74, 6) is 2.41. The van der Waals surface area contributed by atoms with Gasteiger partial charge in [0.15, 0.2) is 0 Å². The summed E-state index contributed by atoms with van der Waals surface area (Å²) in [6, 6.07) is 20.2. The third-order valence-electron chi connectivity index (χ3n) is 6.17. The van der Waals surface area contributed by atoms with Crippen molar-refractivity contribution in [1.29, 1.82) is 0 Å². The summed E-state index contributed by atoms with van der Waals surface area (Å²) in [4.78, 5) is 19.4. The summed E-state index contributed by atoms with van der Waals surface area (Å²) in [6.45, 7) is 6.20. The second kappa shape index (κ2) is 7.60. The van der Waals surface area contributed by atoms with Gasteiger partial charge >= 0.3 is 0 Å². The molecule has 1 fully saturated rings. The zero-order valence-electron chi connectivity index (χ0n) is 17.5. The average Bonchev–Trinajstić information content (AvgIpc) is 3.31. The largest absolute Gasteiger partial charge is 0.438 e. The van der Waals surface area contributed by atoms with Crippen molar-refractivity contribution >= 4 is 5.91 Å². The topological polar surface area (TPSA) is 42.4 Å². The van der Waals surface area contributed by atoms with E-state index in [-0.39, 0.29) is 11.8 Å². The molecule has 0 radical (unpaired) electrons. The Morgan fingerprint density at radius 1 is 0.967 bits per heavy atom. The first-order valence-electron chi connectivity index (χ1n) is 10.8. The molecular weight excluding hydrogens is 372 g/mol. The van der Waals surface area contributed by atoms with Gasteiger partial charge in [-0.1, -0.05) is 50.2 Å². The molecule has 3 aromatic rings. The van der Waals surface area contributed by atoms with Crippen molar-refractivity contribution in [3.05, 3.63) is 77.4 Å². The first-order chi connectivity index (χ1) is 14.6. The van der Waals surface area contributed by atoms with E-state index in [0.717, 1.165) is 54.1 Å². The zero-order chi connectivity index (χ0) is 20.7. The number of pyridine rings is 1. The van der Waals surface area contributed by atoms with Crippen LogP contribution in [0.25, 0.3) is 11.3 Å². The fraction of sp³-hybridized carbons (Fsp3) is 0.308. The number of aromatic nitrogens is 1. The molecule has 1 amide bonds. The number of hydrogen-bond acceptors (Lipinski definition) is 3. The molecule has 1 saturated heterocycles. The van der Waals surface area contributed by atoms with Crippen molar-refractivity contribution in [2.24, 2.45) is 5.92 Å². The Hall–Kier alpha value is -3.14. The third kappa shape index (κ3) is 3.26. The minimum absolute atomic E-state index is 0.122. The number of rotatable bonds is 3. The average molecular weight is 399 g/mol. The Balaban J connectivity index is 1.45. The molecule has 5 rings (SSSR count). The van der Waals surface area contributed by atoms with Gasteiger partial charge in [0.1, 0.15) is 5.75 Å². The number of fused-ring (bicyclic) bond motifs is 2. The molecule has 1 aromatic heterocycles. The van der Waals surface area contributed by atoms with Crippen LogP contribution in [0.2, 0.25) is 0 Å². The maximum atomic E-state index is 12.6. The van der Waals surface area contributed by atoms with Gasteiger partial charge in [-0.2, -0.15) is 0 Å². The molecule has 0 saturated carbocycles. The molecule has 0 N–H and O–H groups in total. The van der Waals surface area contributed by atoms with Crippen molar-refractivity contribution in [1.82, 2.24) is 9.88 Å². The van der Waals surface area contributed by atoms with Gasteiger partial charge in [0, 0.05) is 41.3 Å². The third-order valence-corrected chi connectivity index (χ3v) is 6.17. The molecule has 0 aliphatic carbocycles. The monoisotopic (exact) mass is 398 g/mol. The molecule has 4 nitrogen and oxygen atoms in total. The van der Waals surface area contributed by atoms with E-state index >= 15 is 0 Å². The van der Waals surface area contributed by atoms with E-state index in [2.05, 4.69) is 38.1 Å². The number of amides is 1. The lowest BCUT2D eigenvalue weighted by Crippen LogP contribution is -2.27. The van der Waals surface area contributed by atoms with Crippen molar-refractivity contribution in [2.45, 2.75) is 32.6 Å². The molecule has 3 heterocycles. The number of ether oxygens (including phenoxy) is 1. The van der Waals surface area contributed by atoms with Crippen molar-refractivity contribution in [3.8, 4) is 22.9 Å². The number of hydrogen-bond donors (Lipinski definition) is 0. The van der Waals surface area contributed by atoms with Gasteiger partial charge < -0.3 is 9.64 Å². The molecule has 0 spiro atoms. The van der Waals surface area contributed by atoms with Gasteiger partial charge in [0.05, 0.1) is 5.69 Å². The zero-order valence-corrected chi connectivity index (χ0v) is 17.5. The number of benzene rings is 2.